The van der Waals surface area contributed by atoms with Crippen LogP contribution in [0.25, 0.3) is 16.8 Å². The number of thiazole rings is 1. The molecule has 0 bridgehead atoms. The van der Waals surface area contributed by atoms with Crippen LogP contribution in [0.3, 0.4) is 0 Å². The molecule has 2 heterocycles. The fourth-order valence-electron chi connectivity index (χ4n) is 5.90. The maximum Gasteiger partial charge on any atom is 0.283 e. The van der Waals surface area contributed by atoms with Crippen molar-refractivity contribution in [3.8, 4) is 5.75 Å². The number of aromatic nitrogens is 1. The molecule has 1 amide bonds. The number of methoxy groups -OCH3 is 1. The number of likely N-dealkylation sites (N-methyl/N-ethyl adjacent to an activating group) is 1. The lowest BCUT2D eigenvalue weighted by molar-refractivity contribution is -0.387. The van der Waals surface area contributed by atoms with Gasteiger partial charge in [-0.3, -0.25) is 24.3 Å². The normalized spacial score (nSPS) is 14.6. The minimum absolute atomic E-state index is 0.0540. The van der Waals surface area contributed by atoms with Crippen LogP contribution in [0.15, 0.2) is 116 Å². The largest absolute Gasteiger partial charge is 0.496 e. The fourth-order valence-corrected chi connectivity index (χ4v) is 7.87. The van der Waals surface area contributed by atoms with Crippen LogP contribution in [0.1, 0.15) is 37.9 Å². The molecule has 1 aliphatic heterocycles. The van der Waals surface area contributed by atoms with Gasteiger partial charge in [0, 0.05) is 29.6 Å². The number of fused-ring (bicyclic) bond motifs is 2. The number of nitro benzene ring substituents is 1. The molecular weight excluding hydrogens is 633 g/mol. The van der Waals surface area contributed by atoms with E-state index in [2.05, 4.69) is 0 Å². The van der Waals surface area contributed by atoms with Gasteiger partial charge in [0.15, 0.2) is 4.80 Å². The molecule has 1 aliphatic rings. The molecule has 238 valence electrons. The van der Waals surface area contributed by atoms with Crippen molar-refractivity contribution < 1.29 is 14.5 Å². The molecule has 0 spiro atoms. The zero-order valence-electron chi connectivity index (χ0n) is 26.3. The average molecular weight is 665 g/mol. The van der Waals surface area contributed by atoms with Gasteiger partial charge in [-0.05, 0) is 67.4 Å². The minimum atomic E-state index is -0.818. The van der Waals surface area contributed by atoms with Crippen molar-refractivity contribution >= 4 is 51.5 Å². The first-order valence-electron chi connectivity index (χ1n) is 15.1. The lowest BCUT2D eigenvalue weighted by Gasteiger charge is -2.30. The van der Waals surface area contributed by atoms with Crippen LogP contribution in [0.4, 0.5) is 5.69 Å². The first-order chi connectivity index (χ1) is 22.7. The number of carbonyl (C=O) groups excluding carboxylic acids is 1. The third kappa shape index (κ3) is 5.99. The topological polar surface area (TPSA) is 107 Å². The van der Waals surface area contributed by atoms with Gasteiger partial charge < -0.3 is 9.64 Å². The van der Waals surface area contributed by atoms with E-state index < -0.39 is 11.0 Å². The summed E-state index contributed by atoms with van der Waals surface area (Å²) in [7, 11) is 1.58. The third-order valence-electron chi connectivity index (χ3n) is 8.18. The molecule has 0 N–H and O–H groups in total. The molecule has 11 heteroatoms. The van der Waals surface area contributed by atoms with Gasteiger partial charge >= 0.3 is 0 Å². The monoisotopic (exact) mass is 664 g/mol. The fraction of sp³-hybridized carbons (Fsp3) is 0.194. The Balaban J connectivity index is 1.56. The molecule has 0 aliphatic carbocycles. The number of rotatable bonds is 9. The van der Waals surface area contributed by atoms with Gasteiger partial charge in [-0.15, -0.1) is 0 Å². The Bertz CT molecular complexity index is 2240. The van der Waals surface area contributed by atoms with Crippen molar-refractivity contribution in [1.82, 2.24) is 9.47 Å². The summed E-state index contributed by atoms with van der Waals surface area (Å²) in [6.45, 7) is 6.62. The lowest BCUT2D eigenvalue weighted by Crippen LogP contribution is -2.43. The number of nitrogens with zero attached hydrogens (tertiary/aromatic N) is 4. The molecule has 1 atom stereocenters. The quantitative estimate of drug-likeness (QED) is 0.135. The van der Waals surface area contributed by atoms with Gasteiger partial charge in [0.1, 0.15) is 11.8 Å². The summed E-state index contributed by atoms with van der Waals surface area (Å²) < 4.78 is 7.78. The van der Waals surface area contributed by atoms with Crippen LogP contribution >= 0.6 is 23.1 Å². The number of allylic oxidation sites excluding steroid dienone is 1. The van der Waals surface area contributed by atoms with Crippen LogP contribution < -0.4 is 19.6 Å². The second kappa shape index (κ2) is 13.4. The van der Waals surface area contributed by atoms with Crippen molar-refractivity contribution in [2.24, 2.45) is 4.99 Å². The van der Waals surface area contributed by atoms with E-state index in [0.717, 1.165) is 15.7 Å². The SMILES string of the molecule is CCN(CC)C(=O)C1=C(C)N=c2s/c(=C\c3ccc(Sc4ccccc4)c([N+](=O)[O-])c3)c(=O)n2[C@@H]1c1c(OC)ccc2ccccc12. The number of benzene rings is 4. The van der Waals surface area contributed by atoms with E-state index in [4.69, 9.17) is 9.73 Å². The summed E-state index contributed by atoms with van der Waals surface area (Å²) >= 11 is 2.49. The van der Waals surface area contributed by atoms with Crippen molar-refractivity contribution in [2.45, 2.75) is 36.6 Å². The van der Waals surface area contributed by atoms with E-state index in [-0.39, 0.29) is 17.2 Å². The molecule has 0 saturated heterocycles. The van der Waals surface area contributed by atoms with Crippen LogP contribution in [-0.4, -0.2) is 40.5 Å². The van der Waals surface area contributed by atoms with Gasteiger partial charge in [0.25, 0.3) is 17.2 Å². The highest BCUT2D eigenvalue weighted by atomic mass is 32.2. The number of ether oxygens (including phenoxy) is 1. The molecule has 0 fully saturated rings. The van der Waals surface area contributed by atoms with Gasteiger partial charge in [0.2, 0.25) is 0 Å². The van der Waals surface area contributed by atoms with E-state index in [1.807, 2.05) is 80.6 Å². The van der Waals surface area contributed by atoms with E-state index in [1.165, 1.54) is 29.2 Å². The summed E-state index contributed by atoms with van der Waals surface area (Å²) in [5, 5.41) is 13.9. The predicted octanol–water partition coefficient (Wildman–Crippen LogP) is 6.32. The molecule has 0 saturated carbocycles. The highest BCUT2D eigenvalue weighted by molar-refractivity contribution is 7.99. The number of hydrogen-bond acceptors (Lipinski definition) is 8. The first-order valence-corrected chi connectivity index (χ1v) is 16.8. The van der Waals surface area contributed by atoms with Crippen LogP contribution in [0.2, 0.25) is 0 Å². The van der Waals surface area contributed by atoms with Gasteiger partial charge in [0.05, 0.1) is 32.7 Å². The second-order valence-electron chi connectivity index (χ2n) is 10.9. The highest BCUT2D eigenvalue weighted by Crippen LogP contribution is 2.41. The molecular formula is C36H32N4O5S2. The maximum absolute atomic E-state index is 14.4. The van der Waals surface area contributed by atoms with E-state index >= 15 is 0 Å². The molecule has 47 heavy (non-hydrogen) atoms. The van der Waals surface area contributed by atoms with Crippen LogP contribution in [-0.2, 0) is 4.79 Å². The van der Waals surface area contributed by atoms with E-state index in [1.54, 1.807) is 41.7 Å². The van der Waals surface area contributed by atoms with Crippen molar-refractivity contribution in [2.75, 3.05) is 20.2 Å². The smallest absolute Gasteiger partial charge is 0.283 e. The Morgan fingerprint density at radius 2 is 1.79 bits per heavy atom. The van der Waals surface area contributed by atoms with Gasteiger partial charge in [-0.2, -0.15) is 0 Å². The number of nitro groups is 1. The van der Waals surface area contributed by atoms with E-state index in [0.29, 0.717) is 55.5 Å². The summed E-state index contributed by atoms with van der Waals surface area (Å²) in [5.74, 6) is 0.345. The molecule has 6 rings (SSSR count). The van der Waals surface area contributed by atoms with Crippen molar-refractivity contribution in [3.63, 3.8) is 0 Å². The average Bonchev–Trinajstić information content (AvgIpc) is 3.38. The first kappa shape index (κ1) is 32.0. The van der Waals surface area contributed by atoms with Crippen molar-refractivity contribution in [1.29, 1.82) is 0 Å². The molecule has 0 unspecified atom stereocenters. The molecule has 4 aromatic carbocycles. The maximum atomic E-state index is 14.4. The third-order valence-corrected chi connectivity index (χ3v) is 10.2. The van der Waals surface area contributed by atoms with E-state index in [9.17, 15) is 19.7 Å². The van der Waals surface area contributed by atoms with Gasteiger partial charge in [-0.1, -0.05) is 77.7 Å². The highest BCUT2D eigenvalue weighted by Gasteiger charge is 2.36. The Morgan fingerprint density at radius 3 is 2.49 bits per heavy atom. The zero-order valence-corrected chi connectivity index (χ0v) is 27.9. The minimum Gasteiger partial charge on any atom is -0.496 e. The summed E-state index contributed by atoms with van der Waals surface area (Å²) in [6.07, 6.45) is 1.65. The molecule has 0 radical (unpaired) electrons. The number of amides is 1. The molecule has 1 aromatic heterocycles. The zero-order chi connectivity index (χ0) is 33.2. The molecule has 5 aromatic rings. The molecule has 9 nitrogen and oxygen atoms in total. The standard InChI is InChI=1S/C36H32N4O5S2/c1-5-38(6-2)35(42)31-22(3)37-36-39(33(31)32-26-15-11-10-12-24(26)17-18-28(32)45-4)34(41)30(47-36)21-23-16-19-29(27(20-23)40(43)44)46-25-13-8-7-9-14-25/h7-21,33H,5-6H2,1-4H3/b30-21-/t33-/m0/s1. The summed E-state index contributed by atoms with van der Waals surface area (Å²) in [5.41, 5.74) is 1.72. The van der Waals surface area contributed by atoms with Crippen molar-refractivity contribution in [3.05, 3.63) is 137 Å². The predicted molar refractivity (Wildman–Crippen MR) is 186 cm³/mol. The Morgan fingerprint density at radius 1 is 1.06 bits per heavy atom. The Hall–Kier alpha value is -5.00. The summed E-state index contributed by atoms with van der Waals surface area (Å²) in [6, 6.07) is 25.2. The van der Waals surface area contributed by atoms with Crippen LogP contribution in [0.5, 0.6) is 5.75 Å². The summed E-state index contributed by atoms with van der Waals surface area (Å²) in [4.78, 5) is 48.6. The van der Waals surface area contributed by atoms with Crippen LogP contribution in [0, 0.1) is 10.1 Å². The lowest BCUT2D eigenvalue weighted by atomic mass is 9.90. The Kier molecular flexibility index (Phi) is 9.10. The second-order valence-corrected chi connectivity index (χ2v) is 13.0. The Labute approximate surface area is 279 Å². The van der Waals surface area contributed by atoms with Gasteiger partial charge in [-0.25, -0.2) is 4.99 Å². The number of carbonyl (C=O) groups is 1. The number of hydrogen-bond donors (Lipinski definition) is 0.